The molecular formula is C9H19NO. The minimum Gasteiger partial charge on any atom is -0.396 e. The molecule has 1 aliphatic rings. The van der Waals surface area contributed by atoms with Crippen LogP contribution >= 0.6 is 0 Å². The minimum absolute atomic E-state index is 0.352. The Labute approximate surface area is 69.2 Å². The molecule has 0 spiro atoms. The third-order valence-electron chi connectivity index (χ3n) is 2.76. The second-order valence-corrected chi connectivity index (χ2v) is 3.97. The number of nitrogens with zero attached hydrogens (tertiary/aromatic N) is 1. The van der Waals surface area contributed by atoms with Gasteiger partial charge in [0.05, 0.1) is 0 Å². The molecule has 0 aliphatic carbocycles. The lowest BCUT2D eigenvalue weighted by molar-refractivity contribution is 0.199. The van der Waals surface area contributed by atoms with Crippen molar-refractivity contribution >= 4 is 0 Å². The Kier molecular flexibility index (Phi) is 2.90. The third kappa shape index (κ3) is 1.94. The highest BCUT2D eigenvalue weighted by atomic mass is 16.3. The van der Waals surface area contributed by atoms with Crippen LogP contribution in [0.5, 0.6) is 0 Å². The summed E-state index contributed by atoms with van der Waals surface area (Å²) in [5, 5.41) is 9.01. The van der Waals surface area contributed by atoms with Gasteiger partial charge in [-0.15, -0.1) is 0 Å². The minimum atomic E-state index is 0.352. The first kappa shape index (κ1) is 9.01. The molecule has 2 atom stereocenters. The molecular weight excluding hydrogens is 138 g/mol. The molecule has 1 heterocycles. The molecule has 11 heavy (non-hydrogen) atoms. The zero-order chi connectivity index (χ0) is 8.43. The normalized spacial score (nSPS) is 33.5. The van der Waals surface area contributed by atoms with Crippen LogP contribution in [-0.2, 0) is 0 Å². The quantitative estimate of drug-likeness (QED) is 0.645. The summed E-state index contributed by atoms with van der Waals surface area (Å²) in [6.07, 6.45) is 0. The first-order valence-electron chi connectivity index (χ1n) is 4.50. The predicted octanol–water partition coefficient (Wildman–Crippen LogP) is 0.955. The molecule has 0 aromatic carbocycles. The molecule has 66 valence electrons. The fourth-order valence-corrected chi connectivity index (χ4v) is 1.73. The summed E-state index contributed by atoms with van der Waals surface area (Å²) in [6, 6.07) is 0.633. The van der Waals surface area contributed by atoms with E-state index < -0.39 is 0 Å². The second kappa shape index (κ2) is 3.55. The van der Waals surface area contributed by atoms with Gasteiger partial charge in [-0.05, 0) is 25.7 Å². The van der Waals surface area contributed by atoms with Crippen molar-refractivity contribution < 1.29 is 5.11 Å². The van der Waals surface area contributed by atoms with Crippen molar-refractivity contribution in [2.24, 2.45) is 11.8 Å². The van der Waals surface area contributed by atoms with Gasteiger partial charge in [-0.2, -0.15) is 0 Å². The van der Waals surface area contributed by atoms with E-state index in [0.717, 1.165) is 13.1 Å². The van der Waals surface area contributed by atoms with Crippen molar-refractivity contribution in [3.63, 3.8) is 0 Å². The third-order valence-corrected chi connectivity index (χ3v) is 2.76. The fraction of sp³-hybridized carbons (Fsp3) is 1.00. The first-order valence-corrected chi connectivity index (χ1v) is 4.50. The summed E-state index contributed by atoms with van der Waals surface area (Å²) in [4.78, 5) is 2.44. The number of rotatable bonds is 2. The van der Waals surface area contributed by atoms with E-state index in [1.165, 1.54) is 0 Å². The van der Waals surface area contributed by atoms with E-state index in [4.69, 9.17) is 5.11 Å². The van der Waals surface area contributed by atoms with E-state index in [9.17, 15) is 0 Å². The van der Waals surface area contributed by atoms with Crippen molar-refractivity contribution in [2.75, 3.05) is 19.7 Å². The molecule has 1 aliphatic heterocycles. The van der Waals surface area contributed by atoms with Gasteiger partial charge >= 0.3 is 0 Å². The Bertz CT molecular complexity index is 125. The van der Waals surface area contributed by atoms with Gasteiger partial charge < -0.3 is 10.0 Å². The van der Waals surface area contributed by atoms with E-state index in [-0.39, 0.29) is 0 Å². The van der Waals surface area contributed by atoms with Crippen molar-refractivity contribution in [1.82, 2.24) is 4.90 Å². The maximum absolute atomic E-state index is 9.01. The van der Waals surface area contributed by atoms with Gasteiger partial charge in [0.2, 0.25) is 0 Å². The lowest BCUT2D eigenvalue weighted by atomic mass is 10.00. The van der Waals surface area contributed by atoms with E-state index >= 15 is 0 Å². The number of aliphatic hydroxyl groups excluding tert-OH is 1. The van der Waals surface area contributed by atoms with Crippen molar-refractivity contribution in [3.05, 3.63) is 0 Å². The van der Waals surface area contributed by atoms with Crippen molar-refractivity contribution in [2.45, 2.75) is 26.8 Å². The molecule has 1 rings (SSSR count). The van der Waals surface area contributed by atoms with Crippen LogP contribution in [0.1, 0.15) is 20.8 Å². The lowest BCUT2D eigenvalue weighted by Crippen LogP contribution is -2.28. The molecule has 0 bridgehead atoms. The van der Waals surface area contributed by atoms with Gasteiger partial charge in [-0.25, -0.2) is 0 Å². The zero-order valence-electron chi connectivity index (χ0n) is 7.75. The average molecular weight is 157 g/mol. The Morgan fingerprint density at radius 2 is 2.09 bits per heavy atom. The van der Waals surface area contributed by atoms with Gasteiger partial charge in [-0.3, -0.25) is 0 Å². The van der Waals surface area contributed by atoms with Gasteiger partial charge in [0.1, 0.15) is 0 Å². The lowest BCUT2D eigenvalue weighted by Gasteiger charge is -2.19. The standard InChI is InChI=1S/C9H19NO/c1-7(2)10-4-8(3)9(5-10)6-11/h7-9,11H,4-6H2,1-3H3/t8-,9+/m0/s1. The molecule has 0 aromatic rings. The number of hydrogen-bond acceptors (Lipinski definition) is 2. The van der Waals surface area contributed by atoms with Gasteiger partial charge in [0.15, 0.2) is 0 Å². The van der Waals surface area contributed by atoms with Crippen LogP contribution in [0.2, 0.25) is 0 Å². The Morgan fingerprint density at radius 3 is 2.36 bits per heavy atom. The molecule has 0 aromatic heterocycles. The highest BCUT2D eigenvalue weighted by Crippen LogP contribution is 2.23. The molecule has 1 N–H and O–H groups in total. The molecule has 1 saturated heterocycles. The maximum atomic E-state index is 9.01. The fourth-order valence-electron chi connectivity index (χ4n) is 1.73. The highest BCUT2D eigenvalue weighted by Gasteiger charge is 2.29. The largest absolute Gasteiger partial charge is 0.396 e. The summed E-state index contributed by atoms with van der Waals surface area (Å²) in [7, 11) is 0. The highest BCUT2D eigenvalue weighted by molar-refractivity contribution is 4.82. The van der Waals surface area contributed by atoms with E-state index in [0.29, 0.717) is 24.5 Å². The van der Waals surface area contributed by atoms with E-state index in [1.54, 1.807) is 0 Å². The molecule has 2 heteroatoms. The summed E-state index contributed by atoms with van der Waals surface area (Å²) < 4.78 is 0. The number of likely N-dealkylation sites (tertiary alicyclic amines) is 1. The zero-order valence-corrected chi connectivity index (χ0v) is 7.75. The number of aliphatic hydroxyl groups is 1. The smallest absolute Gasteiger partial charge is 0.0474 e. The van der Waals surface area contributed by atoms with E-state index in [2.05, 4.69) is 25.7 Å². The van der Waals surface area contributed by atoms with Gasteiger partial charge in [-0.1, -0.05) is 6.92 Å². The topological polar surface area (TPSA) is 23.5 Å². The van der Waals surface area contributed by atoms with Crippen LogP contribution in [0.3, 0.4) is 0 Å². The van der Waals surface area contributed by atoms with E-state index in [1.807, 2.05) is 0 Å². The summed E-state index contributed by atoms with van der Waals surface area (Å²) in [6.45, 7) is 9.24. The molecule has 0 unspecified atom stereocenters. The first-order chi connectivity index (χ1) is 5.15. The summed E-state index contributed by atoms with van der Waals surface area (Å²) in [5.41, 5.74) is 0. The summed E-state index contributed by atoms with van der Waals surface area (Å²) in [5.74, 6) is 1.18. The summed E-state index contributed by atoms with van der Waals surface area (Å²) >= 11 is 0. The molecule has 1 fully saturated rings. The average Bonchev–Trinajstić information content (AvgIpc) is 2.31. The van der Waals surface area contributed by atoms with Gasteiger partial charge in [0, 0.05) is 25.7 Å². The van der Waals surface area contributed by atoms with Crippen LogP contribution in [0.15, 0.2) is 0 Å². The predicted molar refractivity (Wildman–Crippen MR) is 46.4 cm³/mol. The SMILES string of the molecule is CC(C)N1C[C@H](CO)[C@@H](C)C1. The van der Waals surface area contributed by atoms with Crippen LogP contribution in [0, 0.1) is 11.8 Å². The second-order valence-electron chi connectivity index (χ2n) is 3.97. The van der Waals surface area contributed by atoms with Crippen molar-refractivity contribution in [1.29, 1.82) is 0 Å². The van der Waals surface area contributed by atoms with Gasteiger partial charge in [0.25, 0.3) is 0 Å². The van der Waals surface area contributed by atoms with Crippen LogP contribution in [0.4, 0.5) is 0 Å². The van der Waals surface area contributed by atoms with Crippen LogP contribution in [0.25, 0.3) is 0 Å². The molecule has 0 amide bonds. The number of hydrogen-bond donors (Lipinski definition) is 1. The van der Waals surface area contributed by atoms with Crippen LogP contribution in [-0.4, -0.2) is 35.7 Å². The Hall–Kier alpha value is -0.0800. The Balaban J connectivity index is 2.43. The van der Waals surface area contributed by atoms with Crippen molar-refractivity contribution in [3.8, 4) is 0 Å². The molecule has 0 radical (unpaired) electrons. The van der Waals surface area contributed by atoms with Crippen LogP contribution < -0.4 is 0 Å². The monoisotopic (exact) mass is 157 g/mol. The molecule has 2 nitrogen and oxygen atoms in total. The Morgan fingerprint density at radius 1 is 1.45 bits per heavy atom. The maximum Gasteiger partial charge on any atom is 0.0474 e. The molecule has 0 saturated carbocycles.